The van der Waals surface area contributed by atoms with Crippen LogP contribution in [0.4, 0.5) is 0 Å². The highest BCUT2D eigenvalue weighted by Gasteiger charge is 2.38. The molecule has 1 fully saturated rings. The third-order valence-electron chi connectivity index (χ3n) is 2.76. The SMILES string of the molecule is C[C@@H]1CCC(=O)[C@H]1[C@@H](C)C(=O)O. The number of carboxylic acid groups (broad SMARTS) is 1. The van der Waals surface area contributed by atoms with Crippen LogP contribution in [0, 0.1) is 17.8 Å². The Bertz CT molecular complexity index is 210. The van der Waals surface area contributed by atoms with E-state index in [2.05, 4.69) is 0 Å². The fourth-order valence-electron chi connectivity index (χ4n) is 1.96. The van der Waals surface area contributed by atoms with Gasteiger partial charge in [-0.15, -0.1) is 0 Å². The Morgan fingerprint density at radius 3 is 2.58 bits per heavy atom. The first-order valence-electron chi connectivity index (χ1n) is 4.29. The molecule has 3 atom stereocenters. The second-order valence-electron chi connectivity index (χ2n) is 3.63. The number of hydrogen-bond acceptors (Lipinski definition) is 2. The number of carbonyl (C=O) groups excluding carboxylic acids is 1. The van der Waals surface area contributed by atoms with Crippen LogP contribution in [-0.4, -0.2) is 16.9 Å². The summed E-state index contributed by atoms with van der Waals surface area (Å²) in [5.41, 5.74) is 0. The number of carbonyl (C=O) groups is 2. The van der Waals surface area contributed by atoms with Crippen molar-refractivity contribution in [3.63, 3.8) is 0 Å². The van der Waals surface area contributed by atoms with Gasteiger partial charge in [0.05, 0.1) is 5.92 Å². The largest absolute Gasteiger partial charge is 0.481 e. The summed E-state index contributed by atoms with van der Waals surface area (Å²) in [4.78, 5) is 21.9. The van der Waals surface area contributed by atoms with Crippen molar-refractivity contribution in [2.24, 2.45) is 17.8 Å². The summed E-state index contributed by atoms with van der Waals surface area (Å²) in [5, 5.41) is 8.73. The van der Waals surface area contributed by atoms with Crippen molar-refractivity contribution < 1.29 is 14.7 Å². The molecule has 0 amide bonds. The first-order chi connectivity index (χ1) is 5.54. The fraction of sp³-hybridized carbons (Fsp3) is 0.778. The van der Waals surface area contributed by atoms with Crippen molar-refractivity contribution in [3.05, 3.63) is 0 Å². The molecule has 0 spiro atoms. The maximum atomic E-state index is 11.3. The molecule has 12 heavy (non-hydrogen) atoms. The van der Waals surface area contributed by atoms with Crippen molar-refractivity contribution in [3.8, 4) is 0 Å². The summed E-state index contributed by atoms with van der Waals surface area (Å²) in [6.07, 6.45) is 1.41. The highest BCUT2D eigenvalue weighted by atomic mass is 16.4. The Kier molecular flexibility index (Phi) is 2.50. The van der Waals surface area contributed by atoms with Crippen LogP contribution in [0.25, 0.3) is 0 Å². The smallest absolute Gasteiger partial charge is 0.306 e. The van der Waals surface area contributed by atoms with Crippen molar-refractivity contribution >= 4 is 11.8 Å². The van der Waals surface area contributed by atoms with Gasteiger partial charge >= 0.3 is 5.97 Å². The van der Waals surface area contributed by atoms with Gasteiger partial charge in [-0.2, -0.15) is 0 Å². The number of hydrogen-bond donors (Lipinski definition) is 1. The van der Waals surface area contributed by atoms with E-state index in [0.717, 1.165) is 6.42 Å². The number of rotatable bonds is 2. The minimum atomic E-state index is -0.859. The molecule has 0 aromatic carbocycles. The van der Waals surface area contributed by atoms with E-state index in [4.69, 9.17) is 5.11 Å². The van der Waals surface area contributed by atoms with Crippen LogP contribution >= 0.6 is 0 Å². The molecule has 1 saturated carbocycles. The molecule has 3 heteroatoms. The molecule has 0 aromatic heterocycles. The lowest BCUT2D eigenvalue weighted by molar-refractivity contribution is -0.146. The molecule has 1 N–H and O–H groups in total. The Morgan fingerprint density at radius 2 is 2.25 bits per heavy atom. The number of Topliss-reactive ketones (excluding diaryl/α,β-unsaturated/α-hetero) is 1. The zero-order valence-electron chi connectivity index (χ0n) is 7.41. The van der Waals surface area contributed by atoms with Crippen molar-refractivity contribution in [2.75, 3.05) is 0 Å². The van der Waals surface area contributed by atoms with E-state index in [1.165, 1.54) is 0 Å². The number of carboxylic acids is 1. The first-order valence-corrected chi connectivity index (χ1v) is 4.29. The summed E-state index contributed by atoms with van der Waals surface area (Å²) >= 11 is 0. The summed E-state index contributed by atoms with van der Waals surface area (Å²) < 4.78 is 0. The molecule has 0 bridgehead atoms. The van der Waals surface area contributed by atoms with E-state index in [0.29, 0.717) is 6.42 Å². The second kappa shape index (κ2) is 3.25. The van der Waals surface area contributed by atoms with Gasteiger partial charge in [-0.1, -0.05) is 13.8 Å². The Labute approximate surface area is 71.8 Å². The molecule has 0 heterocycles. The van der Waals surface area contributed by atoms with Crippen molar-refractivity contribution in [1.29, 1.82) is 0 Å². The zero-order valence-corrected chi connectivity index (χ0v) is 7.41. The van der Waals surface area contributed by atoms with Crippen LogP contribution < -0.4 is 0 Å². The van der Waals surface area contributed by atoms with E-state index in [1.54, 1.807) is 6.92 Å². The van der Waals surface area contributed by atoms with E-state index < -0.39 is 11.9 Å². The standard InChI is InChI=1S/C9H14O3/c1-5-3-4-7(10)8(5)6(2)9(11)12/h5-6,8H,3-4H2,1-2H3,(H,11,12)/t5-,6-,8-/m1/s1. The maximum absolute atomic E-state index is 11.3. The van der Waals surface area contributed by atoms with Crippen LogP contribution in [0.2, 0.25) is 0 Å². The van der Waals surface area contributed by atoms with Crippen LogP contribution in [-0.2, 0) is 9.59 Å². The van der Waals surface area contributed by atoms with Crippen LogP contribution in [0.3, 0.4) is 0 Å². The molecular formula is C9H14O3. The van der Waals surface area contributed by atoms with Gasteiger partial charge in [0.1, 0.15) is 5.78 Å². The normalized spacial score (nSPS) is 32.0. The van der Waals surface area contributed by atoms with Crippen molar-refractivity contribution in [1.82, 2.24) is 0 Å². The van der Waals surface area contributed by atoms with Gasteiger partial charge in [0.15, 0.2) is 0 Å². The van der Waals surface area contributed by atoms with Gasteiger partial charge in [-0.3, -0.25) is 9.59 Å². The molecule has 0 radical (unpaired) electrons. The van der Waals surface area contributed by atoms with E-state index in [1.807, 2.05) is 6.92 Å². The molecule has 0 saturated heterocycles. The monoisotopic (exact) mass is 170 g/mol. The van der Waals surface area contributed by atoms with E-state index in [9.17, 15) is 9.59 Å². The van der Waals surface area contributed by atoms with Gasteiger partial charge < -0.3 is 5.11 Å². The molecule has 1 aliphatic carbocycles. The molecule has 1 rings (SSSR count). The summed E-state index contributed by atoms with van der Waals surface area (Å²) in [6.45, 7) is 3.57. The minimum Gasteiger partial charge on any atom is -0.481 e. The molecule has 3 nitrogen and oxygen atoms in total. The molecule has 1 aliphatic rings. The van der Waals surface area contributed by atoms with Crippen molar-refractivity contribution in [2.45, 2.75) is 26.7 Å². The van der Waals surface area contributed by atoms with Gasteiger partial charge in [0.2, 0.25) is 0 Å². The van der Waals surface area contributed by atoms with E-state index in [-0.39, 0.29) is 17.6 Å². The Balaban J connectivity index is 2.72. The third-order valence-corrected chi connectivity index (χ3v) is 2.76. The zero-order chi connectivity index (χ0) is 9.30. The highest BCUT2D eigenvalue weighted by Crippen LogP contribution is 2.33. The van der Waals surface area contributed by atoms with Gasteiger partial charge in [0.25, 0.3) is 0 Å². The second-order valence-corrected chi connectivity index (χ2v) is 3.63. The van der Waals surface area contributed by atoms with Crippen LogP contribution in [0.1, 0.15) is 26.7 Å². The maximum Gasteiger partial charge on any atom is 0.306 e. The van der Waals surface area contributed by atoms with Gasteiger partial charge in [-0.05, 0) is 12.3 Å². The van der Waals surface area contributed by atoms with E-state index >= 15 is 0 Å². The number of aliphatic carboxylic acids is 1. The predicted molar refractivity (Wildman–Crippen MR) is 43.7 cm³/mol. The highest BCUT2D eigenvalue weighted by molar-refractivity contribution is 5.87. The Morgan fingerprint density at radius 1 is 1.67 bits per heavy atom. The molecule has 68 valence electrons. The third kappa shape index (κ3) is 1.49. The summed E-state index contributed by atoms with van der Waals surface area (Å²) in [6, 6.07) is 0. The van der Waals surface area contributed by atoms with Gasteiger partial charge in [0, 0.05) is 12.3 Å². The predicted octanol–water partition coefficient (Wildman–Crippen LogP) is 1.32. The molecule has 0 aromatic rings. The molecule has 0 aliphatic heterocycles. The number of ketones is 1. The average Bonchev–Trinajstić information content (AvgIpc) is 2.30. The summed E-state index contributed by atoms with van der Waals surface area (Å²) in [5.74, 6) is -1.26. The molecular weight excluding hydrogens is 156 g/mol. The fourth-order valence-corrected chi connectivity index (χ4v) is 1.96. The molecule has 0 unspecified atom stereocenters. The Hall–Kier alpha value is -0.860. The van der Waals surface area contributed by atoms with Crippen LogP contribution in [0.15, 0.2) is 0 Å². The van der Waals surface area contributed by atoms with Gasteiger partial charge in [-0.25, -0.2) is 0 Å². The summed E-state index contributed by atoms with van der Waals surface area (Å²) in [7, 11) is 0. The first kappa shape index (κ1) is 9.23. The lowest BCUT2D eigenvalue weighted by Crippen LogP contribution is -2.27. The van der Waals surface area contributed by atoms with Crippen LogP contribution in [0.5, 0.6) is 0 Å². The quantitative estimate of drug-likeness (QED) is 0.680. The lowest BCUT2D eigenvalue weighted by atomic mass is 9.85. The lowest BCUT2D eigenvalue weighted by Gasteiger charge is -2.17. The average molecular weight is 170 g/mol. The topological polar surface area (TPSA) is 54.4 Å². The minimum absolute atomic E-state index is 0.123.